The number of nitrogens with one attached hydrogen (secondary N) is 1. The summed E-state index contributed by atoms with van der Waals surface area (Å²) in [5, 5.41) is 7.29. The smallest absolute Gasteiger partial charge is 0.229 e. The van der Waals surface area contributed by atoms with E-state index in [1.54, 1.807) is 13.3 Å². The van der Waals surface area contributed by atoms with E-state index in [0.717, 1.165) is 36.5 Å². The maximum atomic E-state index is 12.7. The van der Waals surface area contributed by atoms with Crippen LogP contribution in [0.2, 0.25) is 0 Å². The van der Waals surface area contributed by atoms with Crippen molar-refractivity contribution < 1.29 is 9.53 Å². The molecule has 0 aromatic carbocycles. The van der Waals surface area contributed by atoms with Crippen LogP contribution in [-0.4, -0.2) is 39.6 Å². The number of rotatable bonds is 4. The van der Waals surface area contributed by atoms with Crippen molar-refractivity contribution in [3.8, 4) is 5.75 Å². The highest BCUT2D eigenvalue weighted by molar-refractivity contribution is 5.79. The summed E-state index contributed by atoms with van der Waals surface area (Å²) < 4.78 is 5.10. The molecule has 0 aliphatic carbocycles. The summed E-state index contributed by atoms with van der Waals surface area (Å²) in [6.07, 6.45) is 3.98. The molecule has 1 unspecified atom stereocenters. The molecule has 0 spiro atoms. The molecule has 122 valence electrons. The predicted molar refractivity (Wildman–Crippen MR) is 86.2 cm³/mol. The highest BCUT2D eigenvalue weighted by Crippen LogP contribution is 2.35. The molecule has 1 saturated heterocycles. The third kappa shape index (κ3) is 3.06. The Kier molecular flexibility index (Phi) is 4.32. The lowest BCUT2D eigenvalue weighted by molar-refractivity contribution is -0.131. The summed E-state index contributed by atoms with van der Waals surface area (Å²) in [6, 6.07) is 3.80. The average Bonchev–Trinajstić information content (AvgIpc) is 3.14. The van der Waals surface area contributed by atoms with Crippen LogP contribution in [0.15, 0.2) is 18.3 Å². The lowest BCUT2D eigenvalue weighted by Crippen LogP contribution is -2.32. The molecule has 6 heteroatoms. The Bertz CT molecular complexity index is 674. The van der Waals surface area contributed by atoms with Crippen LogP contribution in [-0.2, 0) is 11.2 Å². The first-order valence-electron chi connectivity index (χ1n) is 7.90. The first-order chi connectivity index (χ1) is 11.1. The lowest BCUT2D eigenvalue weighted by Gasteiger charge is -2.25. The Hall–Kier alpha value is -2.37. The third-order valence-electron chi connectivity index (χ3n) is 4.46. The van der Waals surface area contributed by atoms with Gasteiger partial charge in [0, 0.05) is 23.5 Å². The SMILES string of the molecule is COc1ccc(CC(=O)N2CCCC2c2c(C)n[nH]c2C)nc1. The van der Waals surface area contributed by atoms with Gasteiger partial charge in [0.2, 0.25) is 5.91 Å². The molecule has 0 bridgehead atoms. The Morgan fingerprint density at radius 1 is 1.43 bits per heavy atom. The third-order valence-corrected chi connectivity index (χ3v) is 4.46. The van der Waals surface area contributed by atoms with Crippen LogP contribution in [0.25, 0.3) is 0 Å². The number of methoxy groups -OCH3 is 1. The van der Waals surface area contributed by atoms with Gasteiger partial charge in [-0.2, -0.15) is 5.10 Å². The molecule has 1 amide bonds. The molecule has 1 aliphatic rings. The van der Waals surface area contributed by atoms with Crippen molar-refractivity contribution in [2.75, 3.05) is 13.7 Å². The van der Waals surface area contributed by atoms with E-state index in [-0.39, 0.29) is 11.9 Å². The number of amides is 1. The lowest BCUT2D eigenvalue weighted by atomic mass is 10.0. The van der Waals surface area contributed by atoms with Gasteiger partial charge in [0.25, 0.3) is 0 Å². The largest absolute Gasteiger partial charge is 0.495 e. The van der Waals surface area contributed by atoms with Crippen molar-refractivity contribution >= 4 is 5.91 Å². The van der Waals surface area contributed by atoms with Gasteiger partial charge in [0.15, 0.2) is 0 Å². The number of pyridine rings is 1. The van der Waals surface area contributed by atoms with Gasteiger partial charge < -0.3 is 9.64 Å². The second-order valence-electron chi connectivity index (χ2n) is 5.96. The maximum Gasteiger partial charge on any atom is 0.229 e. The highest BCUT2D eigenvalue weighted by atomic mass is 16.5. The number of aromatic amines is 1. The highest BCUT2D eigenvalue weighted by Gasteiger charge is 2.32. The Morgan fingerprint density at radius 2 is 2.26 bits per heavy atom. The van der Waals surface area contributed by atoms with Gasteiger partial charge in [-0.25, -0.2) is 0 Å². The Balaban J connectivity index is 1.75. The number of carbonyl (C=O) groups excluding carboxylic acids is 1. The average molecular weight is 314 g/mol. The van der Waals surface area contributed by atoms with Crippen LogP contribution < -0.4 is 4.74 Å². The monoisotopic (exact) mass is 314 g/mol. The summed E-state index contributed by atoms with van der Waals surface area (Å²) >= 11 is 0. The summed E-state index contributed by atoms with van der Waals surface area (Å²) in [4.78, 5) is 19.0. The minimum atomic E-state index is 0.116. The fourth-order valence-electron chi connectivity index (χ4n) is 3.31. The van der Waals surface area contributed by atoms with Gasteiger partial charge in [0.05, 0.1) is 31.5 Å². The van der Waals surface area contributed by atoms with Crippen molar-refractivity contribution in [2.45, 2.75) is 39.2 Å². The van der Waals surface area contributed by atoms with Gasteiger partial charge in [0.1, 0.15) is 5.75 Å². The van der Waals surface area contributed by atoms with E-state index in [4.69, 9.17) is 4.74 Å². The first-order valence-corrected chi connectivity index (χ1v) is 7.90. The number of hydrogen-bond acceptors (Lipinski definition) is 4. The second-order valence-corrected chi connectivity index (χ2v) is 5.96. The molecule has 0 radical (unpaired) electrons. The number of aromatic nitrogens is 3. The van der Waals surface area contributed by atoms with E-state index in [2.05, 4.69) is 15.2 Å². The predicted octanol–water partition coefficient (Wildman–Crippen LogP) is 2.34. The topological polar surface area (TPSA) is 71.1 Å². The number of likely N-dealkylation sites (tertiary alicyclic amines) is 1. The summed E-state index contributed by atoms with van der Waals surface area (Å²) in [5.74, 6) is 0.815. The summed E-state index contributed by atoms with van der Waals surface area (Å²) in [6.45, 7) is 4.80. The minimum Gasteiger partial charge on any atom is -0.495 e. The van der Waals surface area contributed by atoms with Gasteiger partial charge in [-0.05, 0) is 38.8 Å². The molecular weight excluding hydrogens is 292 g/mol. The standard InChI is InChI=1S/C17H22N4O2/c1-11-17(12(2)20-19-11)15-5-4-8-21(15)16(22)9-13-6-7-14(23-3)10-18-13/h6-7,10,15H,4-5,8-9H2,1-3H3,(H,19,20). The fraction of sp³-hybridized carbons (Fsp3) is 0.471. The van der Waals surface area contributed by atoms with Gasteiger partial charge in [-0.1, -0.05) is 0 Å². The molecule has 1 fully saturated rings. The number of hydrogen-bond donors (Lipinski definition) is 1. The van der Waals surface area contributed by atoms with Crippen LogP contribution in [0.3, 0.4) is 0 Å². The zero-order chi connectivity index (χ0) is 16.4. The Labute approximate surface area is 135 Å². The summed E-state index contributed by atoms with van der Waals surface area (Å²) in [5.41, 5.74) is 3.96. The van der Waals surface area contributed by atoms with Gasteiger partial charge in [-0.3, -0.25) is 14.9 Å². The number of ether oxygens (including phenoxy) is 1. The molecule has 3 rings (SSSR count). The molecule has 0 saturated carbocycles. The van der Waals surface area contributed by atoms with E-state index < -0.39 is 0 Å². The van der Waals surface area contributed by atoms with E-state index in [1.807, 2.05) is 30.9 Å². The zero-order valence-electron chi connectivity index (χ0n) is 13.8. The molecule has 2 aromatic rings. The van der Waals surface area contributed by atoms with E-state index in [9.17, 15) is 4.79 Å². The minimum absolute atomic E-state index is 0.116. The van der Waals surface area contributed by atoms with Crippen molar-refractivity contribution in [3.63, 3.8) is 0 Å². The normalized spacial score (nSPS) is 17.5. The Morgan fingerprint density at radius 3 is 2.87 bits per heavy atom. The zero-order valence-corrected chi connectivity index (χ0v) is 13.8. The van der Waals surface area contributed by atoms with Crippen LogP contribution in [0.5, 0.6) is 5.75 Å². The molecular formula is C17H22N4O2. The number of carbonyl (C=O) groups is 1. The van der Waals surface area contributed by atoms with Crippen molar-refractivity contribution in [2.24, 2.45) is 0 Å². The van der Waals surface area contributed by atoms with Crippen molar-refractivity contribution in [1.29, 1.82) is 0 Å². The summed E-state index contributed by atoms with van der Waals surface area (Å²) in [7, 11) is 1.60. The van der Waals surface area contributed by atoms with Crippen LogP contribution in [0, 0.1) is 13.8 Å². The van der Waals surface area contributed by atoms with Crippen molar-refractivity contribution in [3.05, 3.63) is 41.0 Å². The second kappa shape index (κ2) is 6.40. The molecule has 6 nitrogen and oxygen atoms in total. The quantitative estimate of drug-likeness (QED) is 0.940. The molecule has 23 heavy (non-hydrogen) atoms. The van der Waals surface area contributed by atoms with Gasteiger partial charge in [-0.15, -0.1) is 0 Å². The molecule has 1 aliphatic heterocycles. The van der Waals surface area contributed by atoms with E-state index in [1.165, 1.54) is 5.56 Å². The van der Waals surface area contributed by atoms with Crippen molar-refractivity contribution in [1.82, 2.24) is 20.1 Å². The number of H-pyrrole nitrogens is 1. The number of nitrogens with zero attached hydrogens (tertiary/aromatic N) is 3. The number of aryl methyl sites for hydroxylation is 2. The van der Waals surface area contributed by atoms with Gasteiger partial charge >= 0.3 is 0 Å². The van der Waals surface area contributed by atoms with Crippen LogP contribution >= 0.6 is 0 Å². The molecule has 1 atom stereocenters. The van der Waals surface area contributed by atoms with Crippen LogP contribution in [0.4, 0.5) is 0 Å². The van der Waals surface area contributed by atoms with E-state index in [0.29, 0.717) is 12.2 Å². The molecule has 2 aromatic heterocycles. The first kappa shape index (κ1) is 15.5. The van der Waals surface area contributed by atoms with Crippen LogP contribution in [0.1, 0.15) is 41.5 Å². The molecule has 1 N–H and O–H groups in total. The maximum absolute atomic E-state index is 12.7. The molecule has 3 heterocycles. The van der Waals surface area contributed by atoms with E-state index >= 15 is 0 Å². The fourth-order valence-corrected chi connectivity index (χ4v) is 3.31.